The molecule has 0 aliphatic heterocycles. The van der Waals surface area contributed by atoms with E-state index in [1.165, 1.54) is 74.0 Å². The second-order valence-corrected chi connectivity index (χ2v) is 15.4. The molecule has 0 saturated carbocycles. The first kappa shape index (κ1) is 30.5. The molecule has 0 atom stereocenters. The van der Waals surface area contributed by atoms with Crippen molar-refractivity contribution in [3.05, 3.63) is 176 Å². The van der Waals surface area contributed by atoms with Crippen LogP contribution in [0.15, 0.2) is 176 Å². The SMILES string of the molecule is c1ccc(-c2nc(-c3ccc4c(ccc5ccccc54)c3)nc(-c3c4c(cc5c6ccccc6c6ccccc6c35)sc3cc5ccccc5cc34)n2)cc1. The van der Waals surface area contributed by atoms with E-state index in [-0.39, 0.29) is 0 Å². The van der Waals surface area contributed by atoms with Crippen LogP contribution in [-0.2, 0) is 0 Å². The average Bonchev–Trinajstić information content (AvgIpc) is 3.61. The molecule has 0 unspecified atom stereocenters. The van der Waals surface area contributed by atoms with Crippen LogP contribution in [0, 0.1) is 0 Å². The molecule has 12 aromatic rings. The van der Waals surface area contributed by atoms with Crippen molar-refractivity contribution in [2.75, 3.05) is 0 Å². The monoisotopic (exact) mass is 715 g/mol. The van der Waals surface area contributed by atoms with Gasteiger partial charge in [0.25, 0.3) is 0 Å². The van der Waals surface area contributed by atoms with Crippen molar-refractivity contribution >= 4 is 96.1 Å². The van der Waals surface area contributed by atoms with E-state index < -0.39 is 0 Å². The quantitative estimate of drug-likeness (QED) is 0.171. The lowest BCUT2D eigenvalue weighted by Gasteiger charge is -2.16. The van der Waals surface area contributed by atoms with Crippen molar-refractivity contribution in [2.24, 2.45) is 0 Å². The van der Waals surface area contributed by atoms with Gasteiger partial charge in [-0.3, -0.25) is 0 Å². The summed E-state index contributed by atoms with van der Waals surface area (Å²) in [5.74, 6) is 1.98. The lowest BCUT2D eigenvalue weighted by Crippen LogP contribution is -2.01. The summed E-state index contributed by atoms with van der Waals surface area (Å²) in [5, 5.41) is 16.9. The molecule has 55 heavy (non-hydrogen) atoms. The maximum absolute atomic E-state index is 5.49. The normalized spacial score (nSPS) is 12.0. The van der Waals surface area contributed by atoms with Crippen LogP contribution in [0.25, 0.3) is 119 Å². The minimum absolute atomic E-state index is 0.652. The Labute approximate surface area is 319 Å². The van der Waals surface area contributed by atoms with Crippen molar-refractivity contribution < 1.29 is 0 Å². The van der Waals surface area contributed by atoms with E-state index in [1.807, 2.05) is 29.5 Å². The van der Waals surface area contributed by atoms with E-state index in [9.17, 15) is 0 Å². The molecule has 254 valence electrons. The van der Waals surface area contributed by atoms with Gasteiger partial charge in [0.2, 0.25) is 0 Å². The van der Waals surface area contributed by atoms with E-state index in [1.54, 1.807) is 0 Å². The van der Waals surface area contributed by atoms with Crippen LogP contribution in [0.1, 0.15) is 0 Å². The maximum Gasteiger partial charge on any atom is 0.165 e. The minimum Gasteiger partial charge on any atom is -0.208 e. The summed E-state index contributed by atoms with van der Waals surface area (Å²) in [4.78, 5) is 16.1. The maximum atomic E-state index is 5.49. The lowest BCUT2D eigenvalue weighted by molar-refractivity contribution is 1.08. The first-order valence-electron chi connectivity index (χ1n) is 18.6. The average molecular weight is 716 g/mol. The van der Waals surface area contributed by atoms with Crippen molar-refractivity contribution in [2.45, 2.75) is 0 Å². The van der Waals surface area contributed by atoms with Crippen LogP contribution in [0.4, 0.5) is 0 Å². The molecule has 0 amide bonds. The molecule has 3 nitrogen and oxygen atoms in total. The van der Waals surface area contributed by atoms with Gasteiger partial charge in [0, 0.05) is 42.2 Å². The fraction of sp³-hybridized carbons (Fsp3) is 0. The summed E-state index contributed by atoms with van der Waals surface area (Å²) in [7, 11) is 0. The number of benzene rings is 10. The molecule has 0 bridgehead atoms. The Morgan fingerprint density at radius 3 is 1.64 bits per heavy atom. The third kappa shape index (κ3) is 4.65. The summed E-state index contributed by atoms with van der Waals surface area (Å²) in [6, 6.07) is 63.2. The Hall–Kier alpha value is -7.01. The molecule has 0 aliphatic carbocycles. The molecule has 0 fully saturated rings. The van der Waals surface area contributed by atoms with E-state index >= 15 is 0 Å². The molecular weight excluding hydrogens is 687 g/mol. The zero-order chi connectivity index (χ0) is 36.0. The molecule has 12 rings (SSSR count). The second-order valence-electron chi connectivity index (χ2n) is 14.3. The highest BCUT2D eigenvalue weighted by Crippen LogP contribution is 2.49. The summed E-state index contributed by atoms with van der Waals surface area (Å²) in [6.45, 7) is 0. The Balaban J connectivity index is 1.25. The highest BCUT2D eigenvalue weighted by atomic mass is 32.1. The Morgan fingerprint density at radius 1 is 0.291 bits per heavy atom. The van der Waals surface area contributed by atoms with Crippen molar-refractivity contribution in [3.8, 4) is 34.2 Å². The number of thiophene rings is 1. The van der Waals surface area contributed by atoms with E-state index in [0.717, 1.165) is 27.5 Å². The molecule has 4 heteroatoms. The Bertz CT molecular complexity index is 3550. The minimum atomic E-state index is 0.652. The first-order valence-corrected chi connectivity index (χ1v) is 19.4. The van der Waals surface area contributed by atoms with Gasteiger partial charge in [0.15, 0.2) is 17.5 Å². The third-order valence-corrected chi connectivity index (χ3v) is 12.3. The van der Waals surface area contributed by atoms with Crippen LogP contribution in [0.2, 0.25) is 0 Å². The Kier molecular flexibility index (Phi) is 6.50. The summed E-state index contributed by atoms with van der Waals surface area (Å²) in [5.41, 5.74) is 2.95. The molecule has 0 saturated heterocycles. The fourth-order valence-electron chi connectivity index (χ4n) is 8.71. The van der Waals surface area contributed by atoms with E-state index in [4.69, 9.17) is 15.0 Å². The van der Waals surface area contributed by atoms with Gasteiger partial charge in [0.1, 0.15) is 0 Å². The standard InChI is InChI=1S/C51H29N3S/c1-2-13-31(14-3-1)49-52-50(35-24-25-37-34(26-35)23-22-30-12-6-7-17-36(30)37)54-51(53-49)48-46-41-21-11-10-19-39(41)38-18-8-9-20-40(38)42(46)29-45-47(48)43-27-32-15-4-5-16-33(32)28-44(43)55-45/h1-29H. The van der Waals surface area contributed by atoms with Crippen LogP contribution in [0.3, 0.4) is 0 Å². The number of fused-ring (bicyclic) bond motifs is 13. The van der Waals surface area contributed by atoms with Gasteiger partial charge in [0.05, 0.1) is 0 Å². The number of hydrogen-bond donors (Lipinski definition) is 0. The zero-order valence-electron chi connectivity index (χ0n) is 29.5. The molecule has 0 N–H and O–H groups in total. The predicted octanol–water partition coefficient (Wildman–Crippen LogP) is 14.2. The van der Waals surface area contributed by atoms with Gasteiger partial charge < -0.3 is 0 Å². The lowest BCUT2D eigenvalue weighted by atomic mass is 9.89. The van der Waals surface area contributed by atoms with Crippen molar-refractivity contribution in [1.82, 2.24) is 15.0 Å². The summed E-state index contributed by atoms with van der Waals surface area (Å²) < 4.78 is 2.47. The van der Waals surface area contributed by atoms with E-state index in [2.05, 4.69) is 158 Å². The third-order valence-electron chi connectivity index (χ3n) is 11.2. The van der Waals surface area contributed by atoms with Gasteiger partial charge in [-0.15, -0.1) is 11.3 Å². The predicted molar refractivity (Wildman–Crippen MR) is 234 cm³/mol. The van der Waals surface area contributed by atoms with Gasteiger partial charge in [-0.25, -0.2) is 15.0 Å². The van der Waals surface area contributed by atoms with E-state index in [0.29, 0.717) is 17.5 Å². The highest BCUT2D eigenvalue weighted by Gasteiger charge is 2.23. The van der Waals surface area contributed by atoms with Gasteiger partial charge in [-0.05, 0) is 83.5 Å². The van der Waals surface area contributed by atoms with Crippen LogP contribution >= 0.6 is 11.3 Å². The molecule has 10 aromatic carbocycles. The first-order chi connectivity index (χ1) is 27.2. The number of rotatable bonds is 3. The number of aromatic nitrogens is 3. The second kappa shape index (κ2) is 11.7. The summed E-state index contributed by atoms with van der Waals surface area (Å²) >= 11 is 1.85. The van der Waals surface area contributed by atoms with Gasteiger partial charge in [-0.1, -0.05) is 152 Å². The molecule has 0 spiro atoms. The summed E-state index contributed by atoms with van der Waals surface area (Å²) in [6.07, 6.45) is 0. The smallest absolute Gasteiger partial charge is 0.165 e. The molecule has 2 heterocycles. The van der Waals surface area contributed by atoms with Crippen LogP contribution in [0.5, 0.6) is 0 Å². The highest BCUT2D eigenvalue weighted by molar-refractivity contribution is 7.26. The van der Waals surface area contributed by atoms with Crippen molar-refractivity contribution in [1.29, 1.82) is 0 Å². The van der Waals surface area contributed by atoms with Gasteiger partial charge >= 0.3 is 0 Å². The Morgan fingerprint density at radius 2 is 0.855 bits per heavy atom. The molecular formula is C51H29N3S. The fourth-order valence-corrected chi connectivity index (χ4v) is 9.90. The zero-order valence-corrected chi connectivity index (χ0v) is 30.3. The molecule has 0 radical (unpaired) electrons. The molecule has 2 aromatic heterocycles. The van der Waals surface area contributed by atoms with Crippen LogP contribution in [-0.4, -0.2) is 15.0 Å². The largest absolute Gasteiger partial charge is 0.208 e. The van der Waals surface area contributed by atoms with Crippen molar-refractivity contribution in [3.63, 3.8) is 0 Å². The number of nitrogens with zero attached hydrogens (tertiary/aromatic N) is 3. The topological polar surface area (TPSA) is 38.7 Å². The van der Waals surface area contributed by atoms with Crippen LogP contribution < -0.4 is 0 Å². The number of hydrogen-bond acceptors (Lipinski definition) is 4. The molecule has 0 aliphatic rings. The van der Waals surface area contributed by atoms with Gasteiger partial charge in [-0.2, -0.15) is 0 Å².